The van der Waals surface area contributed by atoms with Crippen molar-refractivity contribution < 1.29 is 14.7 Å². The topological polar surface area (TPSA) is 93.0 Å². The van der Waals surface area contributed by atoms with Gasteiger partial charge in [0.2, 0.25) is 0 Å². The number of carbonyl (C=O) groups excluding carboxylic acids is 1. The third-order valence-corrected chi connectivity index (χ3v) is 2.81. The quantitative estimate of drug-likeness (QED) is 0.871. The van der Waals surface area contributed by atoms with E-state index in [0.29, 0.717) is 5.69 Å². The lowest BCUT2D eigenvalue weighted by molar-refractivity contribution is 0.0680. The molecule has 2 rings (SSSR count). The number of carboxylic acids is 1. The number of carboxylic acid groups (broad SMARTS) is 1. The van der Waals surface area contributed by atoms with E-state index in [4.69, 9.17) is 0 Å². The number of nitrogens with zero attached hydrogens (tertiary/aromatic N) is 3. The number of Topliss-reactive ketones (excluding diaryl/α,β-unsaturated/α-hetero) is 1. The first kappa shape index (κ1) is 14.8. The predicted molar refractivity (Wildman–Crippen MR) is 76.0 cm³/mol. The van der Waals surface area contributed by atoms with Gasteiger partial charge in [-0.15, -0.1) is 0 Å². The van der Waals surface area contributed by atoms with Gasteiger partial charge in [0.1, 0.15) is 5.69 Å². The number of ketones is 1. The van der Waals surface area contributed by atoms with Crippen molar-refractivity contribution in [3.63, 3.8) is 0 Å². The average Bonchev–Trinajstić information content (AvgIpc) is 2.45. The molecule has 0 saturated heterocycles. The zero-order valence-electron chi connectivity index (χ0n) is 12.0. The molecule has 0 fully saturated rings. The zero-order chi connectivity index (χ0) is 15.6. The van der Waals surface area contributed by atoms with Crippen LogP contribution in [0.15, 0.2) is 30.6 Å². The molecule has 0 amide bonds. The Balaban J connectivity index is 2.56. The molecule has 2 aromatic rings. The SMILES string of the molecule is CC(C)(C)C(=O)c1cnc(-c2ccccn2)nc1C(=O)O. The summed E-state index contributed by atoms with van der Waals surface area (Å²) < 4.78 is 0. The van der Waals surface area contributed by atoms with Gasteiger partial charge in [0, 0.05) is 17.8 Å². The smallest absolute Gasteiger partial charge is 0.355 e. The molecular formula is C15H15N3O3. The fraction of sp³-hybridized carbons (Fsp3) is 0.267. The van der Waals surface area contributed by atoms with Crippen molar-refractivity contribution in [3.8, 4) is 11.5 Å². The molecule has 0 aliphatic heterocycles. The Bertz CT molecular complexity index is 691. The molecule has 0 atom stereocenters. The van der Waals surface area contributed by atoms with E-state index in [1.165, 1.54) is 6.20 Å². The van der Waals surface area contributed by atoms with Crippen LogP contribution in [0.25, 0.3) is 11.5 Å². The molecule has 0 aliphatic carbocycles. The number of carbonyl (C=O) groups is 2. The van der Waals surface area contributed by atoms with E-state index in [0.717, 1.165) is 0 Å². The van der Waals surface area contributed by atoms with E-state index in [1.54, 1.807) is 45.2 Å². The molecule has 0 saturated carbocycles. The molecule has 21 heavy (non-hydrogen) atoms. The lowest BCUT2D eigenvalue weighted by atomic mass is 9.86. The molecule has 0 radical (unpaired) electrons. The molecule has 0 spiro atoms. The minimum absolute atomic E-state index is 0.00896. The summed E-state index contributed by atoms with van der Waals surface area (Å²) in [4.78, 5) is 35.8. The van der Waals surface area contributed by atoms with Gasteiger partial charge in [0.15, 0.2) is 17.3 Å². The molecule has 2 aromatic heterocycles. The predicted octanol–water partition coefficient (Wildman–Crippen LogP) is 2.47. The molecule has 0 aromatic carbocycles. The van der Waals surface area contributed by atoms with Crippen LogP contribution in [-0.2, 0) is 0 Å². The van der Waals surface area contributed by atoms with E-state index in [9.17, 15) is 14.7 Å². The average molecular weight is 285 g/mol. The van der Waals surface area contributed by atoms with Gasteiger partial charge in [-0.25, -0.2) is 14.8 Å². The molecule has 0 unspecified atom stereocenters. The highest BCUT2D eigenvalue weighted by Gasteiger charge is 2.29. The Morgan fingerprint density at radius 3 is 2.38 bits per heavy atom. The van der Waals surface area contributed by atoms with Gasteiger partial charge >= 0.3 is 5.97 Å². The van der Waals surface area contributed by atoms with Gasteiger partial charge in [-0.2, -0.15) is 0 Å². The van der Waals surface area contributed by atoms with E-state index in [-0.39, 0.29) is 22.9 Å². The van der Waals surface area contributed by atoms with Crippen molar-refractivity contribution in [3.05, 3.63) is 41.9 Å². The number of hydrogen-bond acceptors (Lipinski definition) is 5. The van der Waals surface area contributed by atoms with Gasteiger partial charge in [-0.05, 0) is 12.1 Å². The van der Waals surface area contributed by atoms with Gasteiger partial charge in [-0.3, -0.25) is 9.78 Å². The number of aromatic nitrogens is 3. The Labute approximate surface area is 121 Å². The van der Waals surface area contributed by atoms with Crippen LogP contribution >= 0.6 is 0 Å². The highest BCUT2D eigenvalue weighted by molar-refractivity contribution is 6.06. The first-order chi connectivity index (χ1) is 9.80. The van der Waals surface area contributed by atoms with Gasteiger partial charge in [0.05, 0.1) is 5.56 Å². The Hall–Kier alpha value is -2.63. The maximum Gasteiger partial charge on any atom is 0.355 e. The summed E-state index contributed by atoms with van der Waals surface area (Å²) in [5.74, 6) is -1.40. The summed E-state index contributed by atoms with van der Waals surface area (Å²) in [7, 11) is 0. The third kappa shape index (κ3) is 3.10. The highest BCUT2D eigenvalue weighted by Crippen LogP contribution is 2.23. The fourth-order valence-electron chi connectivity index (χ4n) is 1.73. The molecule has 6 nitrogen and oxygen atoms in total. The first-order valence-corrected chi connectivity index (χ1v) is 6.37. The van der Waals surface area contributed by atoms with Crippen LogP contribution < -0.4 is 0 Å². The number of hydrogen-bond donors (Lipinski definition) is 1. The van der Waals surface area contributed by atoms with Crippen LogP contribution in [0.1, 0.15) is 41.6 Å². The lowest BCUT2D eigenvalue weighted by Gasteiger charge is -2.17. The number of aromatic carboxylic acids is 1. The van der Waals surface area contributed by atoms with E-state index < -0.39 is 11.4 Å². The van der Waals surface area contributed by atoms with Crippen LogP contribution in [-0.4, -0.2) is 31.8 Å². The fourth-order valence-corrected chi connectivity index (χ4v) is 1.73. The summed E-state index contributed by atoms with van der Waals surface area (Å²) in [5.41, 5.74) is -0.546. The first-order valence-electron chi connectivity index (χ1n) is 6.37. The summed E-state index contributed by atoms with van der Waals surface area (Å²) in [6, 6.07) is 5.16. The van der Waals surface area contributed by atoms with Crippen LogP contribution in [0.2, 0.25) is 0 Å². The third-order valence-electron chi connectivity index (χ3n) is 2.81. The maximum atomic E-state index is 12.3. The van der Waals surface area contributed by atoms with Crippen molar-refractivity contribution >= 4 is 11.8 Å². The normalized spacial score (nSPS) is 11.2. The second-order valence-corrected chi connectivity index (χ2v) is 5.56. The van der Waals surface area contributed by atoms with Crippen LogP contribution in [0.4, 0.5) is 0 Å². The summed E-state index contributed by atoms with van der Waals surface area (Å²) >= 11 is 0. The van der Waals surface area contributed by atoms with Crippen molar-refractivity contribution in [2.24, 2.45) is 5.41 Å². The largest absolute Gasteiger partial charge is 0.476 e. The van der Waals surface area contributed by atoms with Gasteiger partial charge in [0.25, 0.3) is 0 Å². The number of rotatable bonds is 3. The molecule has 6 heteroatoms. The lowest BCUT2D eigenvalue weighted by Crippen LogP contribution is -2.24. The van der Waals surface area contributed by atoms with Crippen LogP contribution in [0.5, 0.6) is 0 Å². The minimum Gasteiger partial charge on any atom is -0.476 e. The van der Waals surface area contributed by atoms with E-state index in [2.05, 4.69) is 15.0 Å². The van der Waals surface area contributed by atoms with E-state index in [1.807, 2.05) is 0 Å². The van der Waals surface area contributed by atoms with Crippen LogP contribution in [0.3, 0.4) is 0 Å². The summed E-state index contributed by atoms with van der Waals surface area (Å²) in [6.45, 7) is 5.15. The van der Waals surface area contributed by atoms with Crippen molar-refractivity contribution in [1.29, 1.82) is 0 Å². The minimum atomic E-state index is -1.26. The molecule has 108 valence electrons. The highest BCUT2D eigenvalue weighted by atomic mass is 16.4. The number of pyridine rings is 1. The van der Waals surface area contributed by atoms with Crippen LogP contribution in [0, 0.1) is 5.41 Å². The Morgan fingerprint density at radius 2 is 1.86 bits per heavy atom. The van der Waals surface area contributed by atoms with Crippen molar-refractivity contribution in [2.45, 2.75) is 20.8 Å². The van der Waals surface area contributed by atoms with Crippen molar-refractivity contribution in [2.75, 3.05) is 0 Å². The zero-order valence-corrected chi connectivity index (χ0v) is 12.0. The molecule has 2 heterocycles. The Morgan fingerprint density at radius 1 is 1.14 bits per heavy atom. The van der Waals surface area contributed by atoms with Gasteiger partial charge < -0.3 is 5.11 Å². The Kier molecular flexibility index (Phi) is 3.80. The molecule has 0 aliphatic rings. The molecule has 1 N–H and O–H groups in total. The second kappa shape index (κ2) is 5.40. The molecular weight excluding hydrogens is 270 g/mol. The second-order valence-electron chi connectivity index (χ2n) is 5.56. The molecule has 0 bridgehead atoms. The standard InChI is InChI=1S/C15H15N3O3/c1-15(2,3)12(19)9-8-17-13(18-11(9)14(20)21)10-6-4-5-7-16-10/h4-8H,1-3H3,(H,20,21). The summed E-state index contributed by atoms with van der Waals surface area (Å²) in [6.07, 6.45) is 2.82. The summed E-state index contributed by atoms with van der Waals surface area (Å²) in [5, 5.41) is 9.29. The monoisotopic (exact) mass is 285 g/mol. The van der Waals surface area contributed by atoms with Crippen molar-refractivity contribution in [1.82, 2.24) is 15.0 Å². The van der Waals surface area contributed by atoms with E-state index >= 15 is 0 Å². The van der Waals surface area contributed by atoms with Gasteiger partial charge in [-0.1, -0.05) is 26.8 Å². The maximum absolute atomic E-state index is 12.3.